The Balaban J connectivity index is 1.84. The van der Waals surface area contributed by atoms with Gasteiger partial charge in [0.2, 0.25) is 0 Å². The van der Waals surface area contributed by atoms with Crippen LogP contribution in [0.25, 0.3) is 0 Å². The smallest absolute Gasteiger partial charge is 0.114 e. The highest BCUT2D eigenvalue weighted by molar-refractivity contribution is 6.08. The van der Waals surface area contributed by atoms with Crippen molar-refractivity contribution in [1.29, 1.82) is 5.26 Å². The SMILES string of the molecule is N#C[C@@H](C1=NC2(CCCCC2)Cc2ccccc21)c1ccccc1. The molecule has 120 valence electrons. The van der Waals surface area contributed by atoms with E-state index >= 15 is 0 Å². The van der Waals surface area contributed by atoms with E-state index in [0.717, 1.165) is 30.5 Å². The van der Waals surface area contributed by atoms with Gasteiger partial charge in [0, 0.05) is 5.56 Å². The summed E-state index contributed by atoms with van der Waals surface area (Å²) in [5, 5.41) is 9.91. The molecular weight excluding hydrogens is 292 g/mol. The Bertz CT molecular complexity index is 792. The molecular formula is C22H22N2. The Kier molecular flexibility index (Phi) is 3.94. The first-order valence-corrected chi connectivity index (χ1v) is 8.94. The molecule has 0 amide bonds. The first kappa shape index (κ1) is 15.1. The van der Waals surface area contributed by atoms with Crippen LogP contribution in [0.1, 0.15) is 54.7 Å². The molecule has 0 radical (unpaired) electrons. The summed E-state index contributed by atoms with van der Waals surface area (Å²) >= 11 is 0. The first-order valence-electron chi connectivity index (χ1n) is 8.94. The second kappa shape index (κ2) is 6.24. The Morgan fingerprint density at radius 2 is 1.62 bits per heavy atom. The number of fused-ring (bicyclic) bond motifs is 1. The lowest BCUT2D eigenvalue weighted by Gasteiger charge is -2.39. The third-order valence-corrected chi connectivity index (χ3v) is 5.49. The van der Waals surface area contributed by atoms with Crippen molar-refractivity contribution in [2.75, 3.05) is 0 Å². The van der Waals surface area contributed by atoms with Gasteiger partial charge in [-0.05, 0) is 30.4 Å². The molecule has 0 N–H and O–H groups in total. The molecule has 2 aromatic carbocycles. The lowest BCUT2D eigenvalue weighted by atomic mass is 9.73. The molecule has 0 unspecified atom stereocenters. The van der Waals surface area contributed by atoms with Crippen LogP contribution in [0.4, 0.5) is 0 Å². The van der Waals surface area contributed by atoms with Crippen LogP contribution in [0.5, 0.6) is 0 Å². The molecule has 24 heavy (non-hydrogen) atoms. The van der Waals surface area contributed by atoms with Crippen LogP contribution in [0.2, 0.25) is 0 Å². The summed E-state index contributed by atoms with van der Waals surface area (Å²) in [6, 6.07) is 21.1. The molecule has 2 aliphatic rings. The van der Waals surface area contributed by atoms with E-state index in [4.69, 9.17) is 4.99 Å². The van der Waals surface area contributed by atoms with Crippen LogP contribution in [-0.4, -0.2) is 11.3 Å². The molecule has 1 spiro atoms. The van der Waals surface area contributed by atoms with Crippen molar-refractivity contribution in [1.82, 2.24) is 0 Å². The number of aliphatic imine (C=N–C) groups is 1. The largest absolute Gasteiger partial charge is 0.280 e. The van der Waals surface area contributed by atoms with Gasteiger partial charge in [0.25, 0.3) is 0 Å². The topological polar surface area (TPSA) is 36.1 Å². The summed E-state index contributed by atoms with van der Waals surface area (Å²) in [6.45, 7) is 0. The summed E-state index contributed by atoms with van der Waals surface area (Å²) in [6.07, 6.45) is 7.15. The monoisotopic (exact) mass is 314 g/mol. The van der Waals surface area contributed by atoms with Crippen molar-refractivity contribution in [3.05, 3.63) is 71.3 Å². The maximum Gasteiger partial charge on any atom is 0.114 e. The maximum absolute atomic E-state index is 9.91. The van der Waals surface area contributed by atoms with Gasteiger partial charge in [-0.15, -0.1) is 0 Å². The predicted molar refractivity (Wildman–Crippen MR) is 97.3 cm³/mol. The molecule has 2 aromatic rings. The van der Waals surface area contributed by atoms with E-state index in [0.29, 0.717) is 0 Å². The fourth-order valence-electron chi connectivity index (χ4n) is 4.29. The van der Waals surface area contributed by atoms with Crippen molar-refractivity contribution in [2.45, 2.75) is 50.0 Å². The van der Waals surface area contributed by atoms with Gasteiger partial charge >= 0.3 is 0 Å². The van der Waals surface area contributed by atoms with E-state index in [9.17, 15) is 5.26 Å². The quantitative estimate of drug-likeness (QED) is 0.764. The van der Waals surface area contributed by atoms with E-state index < -0.39 is 0 Å². The molecule has 0 aromatic heterocycles. The third kappa shape index (κ3) is 2.65. The normalized spacial score (nSPS) is 19.9. The van der Waals surface area contributed by atoms with Crippen molar-refractivity contribution in [3.63, 3.8) is 0 Å². The second-order valence-electron chi connectivity index (χ2n) is 7.09. The average molecular weight is 314 g/mol. The molecule has 4 rings (SSSR count). The fourth-order valence-corrected chi connectivity index (χ4v) is 4.29. The highest BCUT2D eigenvalue weighted by Gasteiger charge is 2.38. The number of hydrogen-bond acceptors (Lipinski definition) is 2. The number of nitriles is 1. The number of nitrogens with zero attached hydrogens (tertiary/aromatic N) is 2. The molecule has 0 bridgehead atoms. The Labute approximate surface area is 143 Å². The lowest BCUT2D eigenvalue weighted by Crippen LogP contribution is -2.38. The van der Waals surface area contributed by atoms with Gasteiger partial charge in [-0.25, -0.2) is 0 Å². The molecule has 1 saturated carbocycles. The van der Waals surface area contributed by atoms with Gasteiger partial charge < -0.3 is 0 Å². The van der Waals surface area contributed by atoms with Crippen molar-refractivity contribution in [3.8, 4) is 6.07 Å². The van der Waals surface area contributed by atoms with Gasteiger partial charge in [-0.2, -0.15) is 5.26 Å². The number of rotatable bonds is 2. The second-order valence-corrected chi connectivity index (χ2v) is 7.09. The molecule has 1 heterocycles. The predicted octanol–water partition coefficient (Wildman–Crippen LogP) is 5.04. The van der Waals surface area contributed by atoms with E-state index in [1.54, 1.807) is 0 Å². The van der Waals surface area contributed by atoms with Gasteiger partial charge in [0.05, 0.1) is 17.3 Å². The lowest BCUT2D eigenvalue weighted by molar-refractivity contribution is 0.293. The highest BCUT2D eigenvalue weighted by atomic mass is 14.9. The first-order chi connectivity index (χ1) is 11.8. The molecule has 1 aliphatic heterocycles. The summed E-state index contributed by atoms with van der Waals surface area (Å²) in [4.78, 5) is 5.26. The van der Waals surface area contributed by atoms with Gasteiger partial charge in [0.1, 0.15) is 5.92 Å². The van der Waals surface area contributed by atoms with Crippen LogP contribution < -0.4 is 0 Å². The van der Waals surface area contributed by atoms with E-state index in [-0.39, 0.29) is 11.5 Å². The van der Waals surface area contributed by atoms with Gasteiger partial charge in [-0.3, -0.25) is 4.99 Å². The van der Waals surface area contributed by atoms with E-state index in [1.165, 1.54) is 30.4 Å². The Hall–Kier alpha value is -2.40. The fraction of sp³-hybridized carbons (Fsp3) is 0.364. The third-order valence-electron chi connectivity index (χ3n) is 5.49. The van der Waals surface area contributed by atoms with Crippen LogP contribution in [0, 0.1) is 11.3 Å². The molecule has 0 saturated heterocycles. The zero-order valence-corrected chi connectivity index (χ0v) is 13.9. The minimum atomic E-state index is -0.286. The minimum absolute atomic E-state index is 0.0197. The van der Waals surface area contributed by atoms with E-state index in [2.05, 4.69) is 30.3 Å². The van der Waals surface area contributed by atoms with Crippen molar-refractivity contribution >= 4 is 5.71 Å². The maximum atomic E-state index is 9.91. The Morgan fingerprint density at radius 1 is 0.917 bits per heavy atom. The number of benzene rings is 2. The van der Waals surface area contributed by atoms with Crippen molar-refractivity contribution in [2.24, 2.45) is 4.99 Å². The zero-order chi connectivity index (χ0) is 16.4. The standard InChI is InChI=1S/C22H22N2/c23-16-20(17-9-3-1-4-10-17)21-19-12-6-5-11-18(19)15-22(24-21)13-7-2-8-14-22/h1,3-6,9-12,20H,2,7-8,13-15H2/t20-/m1/s1. The summed E-state index contributed by atoms with van der Waals surface area (Å²) in [7, 11) is 0. The van der Waals surface area contributed by atoms with E-state index in [1.807, 2.05) is 30.3 Å². The summed E-state index contributed by atoms with van der Waals surface area (Å²) < 4.78 is 0. The molecule has 1 fully saturated rings. The molecule has 2 nitrogen and oxygen atoms in total. The van der Waals surface area contributed by atoms with Crippen LogP contribution in [0.3, 0.4) is 0 Å². The molecule has 1 atom stereocenters. The van der Waals surface area contributed by atoms with Crippen LogP contribution in [-0.2, 0) is 6.42 Å². The summed E-state index contributed by atoms with van der Waals surface area (Å²) in [5.74, 6) is -0.286. The molecule has 1 aliphatic carbocycles. The zero-order valence-electron chi connectivity index (χ0n) is 13.9. The van der Waals surface area contributed by atoms with Crippen LogP contribution >= 0.6 is 0 Å². The minimum Gasteiger partial charge on any atom is -0.280 e. The molecule has 2 heteroatoms. The average Bonchev–Trinajstić information content (AvgIpc) is 2.64. The number of hydrogen-bond donors (Lipinski definition) is 0. The van der Waals surface area contributed by atoms with Crippen LogP contribution in [0.15, 0.2) is 59.6 Å². The Morgan fingerprint density at radius 3 is 2.38 bits per heavy atom. The van der Waals surface area contributed by atoms with Gasteiger partial charge in [-0.1, -0.05) is 73.9 Å². The summed E-state index contributed by atoms with van der Waals surface area (Å²) in [5.41, 5.74) is 4.57. The highest BCUT2D eigenvalue weighted by Crippen LogP contribution is 2.40. The van der Waals surface area contributed by atoms with Crippen molar-refractivity contribution < 1.29 is 0 Å². The van der Waals surface area contributed by atoms with Gasteiger partial charge in [0.15, 0.2) is 0 Å².